The molecule has 1 aliphatic rings. The van der Waals surface area contributed by atoms with Crippen molar-refractivity contribution in [2.75, 3.05) is 46.8 Å². The first-order valence-electron chi connectivity index (χ1n) is 7.33. The number of nitrogens with zero attached hydrogens (tertiary/aromatic N) is 2. The molecule has 0 saturated carbocycles. The first-order chi connectivity index (χ1) is 8.22. The van der Waals surface area contributed by atoms with Gasteiger partial charge >= 0.3 is 0 Å². The van der Waals surface area contributed by atoms with E-state index in [1.165, 1.54) is 64.8 Å². The molecule has 102 valence electrons. The zero-order chi connectivity index (χ0) is 12.5. The molecule has 1 N–H and O–H groups in total. The lowest BCUT2D eigenvalue weighted by Gasteiger charge is -2.24. The van der Waals surface area contributed by atoms with Gasteiger partial charge in [0.25, 0.3) is 0 Å². The largest absolute Gasteiger partial charge is 0.314 e. The number of nitrogens with one attached hydrogen (secondary N) is 1. The van der Waals surface area contributed by atoms with Crippen molar-refractivity contribution in [2.45, 2.75) is 45.1 Å². The third-order valence-electron chi connectivity index (χ3n) is 3.59. The van der Waals surface area contributed by atoms with E-state index in [4.69, 9.17) is 0 Å². The predicted octanol–water partition coefficient (Wildman–Crippen LogP) is 1.79. The van der Waals surface area contributed by atoms with Gasteiger partial charge in [-0.2, -0.15) is 0 Å². The van der Waals surface area contributed by atoms with Gasteiger partial charge in [0.2, 0.25) is 0 Å². The predicted molar refractivity (Wildman–Crippen MR) is 75.5 cm³/mol. The van der Waals surface area contributed by atoms with Gasteiger partial charge in [-0.1, -0.05) is 6.92 Å². The molecule has 0 amide bonds. The molecule has 1 fully saturated rings. The van der Waals surface area contributed by atoms with Crippen LogP contribution >= 0.6 is 0 Å². The first-order valence-corrected chi connectivity index (χ1v) is 7.33. The van der Waals surface area contributed by atoms with Gasteiger partial charge in [-0.05, 0) is 65.8 Å². The molecular formula is C14H31N3. The van der Waals surface area contributed by atoms with E-state index in [-0.39, 0.29) is 0 Å². The summed E-state index contributed by atoms with van der Waals surface area (Å²) >= 11 is 0. The number of hydrogen-bond donors (Lipinski definition) is 1. The Morgan fingerprint density at radius 1 is 1.12 bits per heavy atom. The second-order valence-electron chi connectivity index (χ2n) is 5.58. The van der Waals surface area contributed by atoms with Crippen LogP contribution in [0.25, 0.3) is 0 Å². The van der Waals surface area contributed by atoms with Crippen LogP contribution in [0.5, 0.6) is 0 Å². The van der Waals surface area contributed by atoms with E-state index in [1.807, 2.05) is 0 Å². The average molecular weight is 241 g/mol. The molecule has 1 rings (SSSR count). The van der Waals surface area contributed by atoms with Gasteiger partial charge in [0.1, 0.15) is 0 Å². The van der Waals surface area contributed by atoms with Crippen molar-refractivity contribution in [3.63, 3.8) is 0 Å². The lowest BCUT2D eigenvalue weighted by molar-refractivity contribution is 0.234. The molecule has 0 aromatic rings. The molecule has 1 atom stereocenters. The lowest BCUT2D eigenvalue weighted by Crippen LogP contribution is -2.33. The molecule has 0 bridgehead atoms. The minimum atomic E-state index is 0.812. The maximum Gasteiger partial charge on any atom is 0.0109 e. The summed E-state index contributed by atoms with van der Waals surface area (Å²) in [6.45, 7) is 8.46. The molecule has 3 heteroatoms. The highest BCUT2D eigenvalue weighted by Gasteiger charge is 2.13. The molecule has 0 aromatic heterocycles. The zero-order valence-corrected chi connectivity index (χ0v) is 12.0. The molecule has 1 unspecified atom stereocenters. The van der Waals surface area contributed by atoms with E-state index in [1.54, 1.807) is 0 Å². The molecule has 17 heavy (non-hydrogen) atoms. The summed E-state index contributed by atoms with van der Waals surface area (Å²) in [5, 5.41) is 3.59. The number of likely N-dealkylation sites (N-methyl/N-ethyl adjacent to an activating group) is 1. The van der Waals surface area contributed by atoms with Crippen molar-refractivity contribution in [1.82, 2.24) is 15.1 Å². The van der Waals surface area contributed by atoms with E-state index in [2.05, 4.69) is 36.1 Å². The van der Waals surface area contributed by atoms with E-state index in [0.29, 0.717) is 0 Å². The van der Waals surface area contributed by atoms with Gasteiger partial charge in [0, 0.05) is 19.1 Å². The second-order valence-corrected chi connectivity index (χ2v) is 5.58. The SMILES string of the molecule is CCCN(CCCC1CCCN1)CCN(C)C. The fraction of sp³-hybridized carbons (Fsp3) is 1.00. The zero-order valence-electron chi connectivity index (χ0n) is 12.0. The Labute approximate surface area is 108 Å². The molecule has 0 radical (unpaired) electrons. The molecule has 1 aliphatic heterocycles. The lowest BCUT2D eigenvalue weighted by atomic mass is 10.1. The normalized spacial score (nSPS) is 20.6. The monoisotopic (exact) mass is 241 g/mol. The Morgan fingerprint density at radius 2 is 1.94 bits per heavy atom. The van der Waals surface area contributed by atoms with Crippen molar-refractivity contribution in [3.8, 4) is 0 Å². The van der Waals surface area contributed by atoms with Crippen LogP contribution in [0.2, 0.25) is 0 Å². The number of rotatable bonds is 9. The molecular weight excluding hydrogens is 210 g/mol. The summed E-state index contributed by atoms with van der Waals surface area (Å²) < 4.78 is 0. The molecule has 0 aliphatic carbocycles. The van der Waals surface area contributed by atoms with E-state index in [9.17, 15) is 0 Å². The fourth-order valence-electron chi connectivity index (χ4n) is 2.56. The third kappa shape index (κ3) is 7.02. The van der Waals surface area contributed by atoms with Crippen molar-refractivity contribution < 1.29 is 0 Å². The third-order valence-corrected chi connectivity index (χ3v) is 3.59. The van der Waals surface area contributed by atoms with Crippen LogP contribution in [0.4, 0.5) is 0 Å². The first kappa shape index (κ1) is 14.9. The van der Waals surface area contributed by atoms with Crippen LogP contribution in [0.15, 0.2) is 0 Å². The Balaban J connectivity index is 2.09. The standard InChI is InChI=1S/C14H31N3/c1-4-10-17(13-12-16(2)3)11-6-8-14-7-5-9-15-14/h14-15H,4-13H2,1-3H3. The summed E-state index contributed by atoms with van der Waals surface area (Å²) in [5.41, 5.74) is 0. The maximum atomic E-state index is 3.59. The quantitative estimate of drug-likeness (QED) is 0.664. The Morgan fingerprint density at radius 3 is 2.53 bits per heavy atom. The fourth-order valence-corrected chi connectivity index (χ4v) is 2.56. The van der Waals surface area contributed by atoms with Crippen molar-refractivity contribution in [2.24, 2.45) is 0 Å². The van der Waals surface area contributed by atoms with Gasteiger partial charge in [-0.3, -0.25) is 0 Å². The van der Waals surface area contributed by atoms with Gasteiger partial charge in [0.05, 0.1) is 0 Å². The van der Waals surface area contributed by atoms with Crippen LogP contribution in [0.1, 0.15) is 39.0 Å². The van der Waals surface area contributed by atoms with Crippen LogP contribution in [-0.4, -0.2) is 62.7 Å². The van der Waals surface area contributed by atoms with Gasteiger partial charge in [0.15, 0.2) is 0 Å². The summed E-state index contributed by atoms with van der Waals surface area (Å²) in [5.74, 6) is 0. The minimum absolute atomic E-state index is 0.812. The highest BCUT2D eigenvalue weighted by molar-refractivity contribution is 4.74. The van der Waals surface area contributed by atoms with E-state index in [0.717, 1.165) is 6.04 Å². The van der Waals surface area contributed by atoms with Crippen molar-refractivity contribution in [3.05, 3.63) is 0 Å². The Bertz CT molecular complexity index is 176. The van der Waals surface area contributed by atoms with Gasteiger partial charge in [-0.15, -0.1) is 0 Å². The molecule has 1 heterocycles. The van der Waals surface area contributed by atoms with Crippen molar-refractivity contribution >= 4 is 0 Å². The minimum Gasteiger partial charge on any atom is -0.314 e. The topological polar surface area (TPSA) is 18.5 Å². The van der Waals surface area contributed by atoms with Crippen LogP contribution < -0.4 is 5.32 Å². The molecule has 0 spiro atoms. The van der Waals surface area contributed by atoms with Crippen molar-refractivity contribution in [1.29, 1.82) is 0 Å². The summed E-state index contributed by atoms with van der Waals surface area (Å²) in [4.78, 5) is 4.90. The van der Waals surface area contributed by atoms with Crippen LogP contribution in [-0.2, 0) is 0 Å². The maximum absolute atomic E-state index is 3.59. The summed E-state index contributed by atoms with van der Waals surface area (Å²) in [7, 11) is 4.32. The second kappa shape index (κ2) is 8.90. The van der Waals surface area contributed by atoms with E-state index < -0.39 is 0 Å². The molecule has 3 nitrogen and oxygen atoms in total. The van der Waals surface area contributed by atoms with Crippen LogP contribution in [0, 0.1) is 0 Å². The van der Waals surface area contributed by atoms with Gasteiger partial charge < -0.3 is 15.1 Å². The average Bonchev–Trinajstić information content (AvgIpc) is 2.78. The van der Waals surface area contributed by atoms with Crippen LogP contribution in [0.3, 0.4) is 0 Å². The smallest absolute Gasteiger partial charge is 0.0109 e. The Hall–Kier alpha value is -0.120. The Kier molecular flexibility index (Phi) is 7.82. The highest BCUT2D eigenvalue weighted by atomic mass is 15.2. The highest BCUT2D eigenvalue weighted by Crippen LogP contribution is 2.11. The summed E-state index contributed by atoms with van der Waals surface area (Å²) in [6.07, 6.45) is 6.76. The van der Waals surface area contributed by atoms with E-state index >= 15 is 0 Å². The van der Waals surface area contributed by atoms with Gasteiger partial charge in [-0.25, -0.2) is 0 Å². The molecule has 1 saturated heterocycles. The number of hydrogen-bond acceptors (Lipinski definition) is 3. The molecule has 0 aromatic carbocycles. The summed E-state index contributed by atoms with van der Waals surface area (Å²) in [6, 6.07) is 0.812.